The predicted octanol–water partition coefficient (Wildman–Crippen LogP) is 0.341. The van der Waals surface area contributed by atoms with E-state index in [1.807, 2.05) is 0 Å². The number of hydrogen-bond acceptors (Lipinski definition) is 3. The second-order valence-corrected chi connectivity index (χ2v) is 4.59. The Morgan fingerprint density at radius 1 is 1.38 bits per heavy atom. The fourth-order valence-electron chi connectivity index (χ4n) is 2.02. The Morgan fingerprint density at radius 2 is 1.94 bits per heavy atom. The number of rotatable bonds is 4. The van der Waals surface area contributed by atoms with Gasteiger partial charge in [-0.05, 0) is 38.5 Å². The second kappa shape index (κ2) is 5.84. The Kier molecular flexibility index (Phi) is 4.73. The van der Waals surface area contributed by atoms with Crippen LogP contribution in [-0.4, -0.2) is 29.6 Å². The van der Waals surface area contributed by atoms with Crippen molar-refractivity contribution in [1.29, 1.82) is 0 Å². The summed E-state index contributed by atoms with van der Waals surface area (Å²) in [5.41, 5.74) is 5.42. The Bertz CT molecular complexity index is 258. The van der Waals surface area contributed by atoms with Crippen LogP contribution in [0.3, 0.4) is 0 Å². The SMILES string of the molecule is CC(N)C(=O)NCC1CCC(C(=O)O)CC1. The average molecular weight is 228 g/mol. The highest BCUT2D eigenvalue weighted by molar-refractivity contribution is 5.80. The standard InChI is InChI=1S/C11H20N2O3/c1-7(12)10(14)13-6-8-2-4-9(5-3-8)11(15)16/h7-9H,2-6,12H2,1H3,(H,13,14)(H,15,16). The first-order valence-electron chi connectivity index (χ1n) is 5.76. The van der Waals surface area contributed by atoms with E-state index >= 15 is 0 Å². The summed E-state index contributed by atoms with van der Waals surface area (Å²) in [6.07, 6.45) is 3.18. The van der Waals surface area contributed by atoms with Crippen molar-refractivity contribution in [2.75, 3.05) is 6.54 Å². The summed E-state index contributed by atoms with van der Waals surface area (Å²) in [5.74, 6) is -0.628. The molecule has 0 aromatic carbocycles. The molecule has 0 aromatic rings. The van der Waals surface area contributed by atoms with Crippen LogP contribution < -0.4 is 11.1 Å². The molecule has 1 atom stereocenters. The van der Waals surface area contributed by atoms with E-state index in [4.69, 9.17) is 10.8 Å². The zero-order chi connectivity index (χ0) is 12.1. The minimum atomic E-state index is -0.696. The van der Waals surface area contributed by atoms with Crippen LogP contribution >= 0.6 is 0 Å². The van der Waals surface area contributed by atoms with E-state index in [0.29, 0.717) is 25.3 Å². The normalized spacial score (nSPS) is 27.1. The molecular formula is C11H20N2O3. The van der Waals surface area contributed by atoms with Gasteiger partial charge in [0.25, 0.3) is 0 Å². The molecule has 1 fully saturated rings. The van der Waals surface area contributed by atoms with E-state index in [9.17, 15) is 9.59 Å². The lowest BCUT2D eigenvalue weighted by atomic mass is 9.82. The molecule has 0 bridgehead atoms. The number of amides is 1. The fourth-order valence-corrected chi connectivity index (χ4v) is 2.02. The zero-order valence-corrected chi connectivity index (χ0v) is 9.61. The van der Waals surface area contributed by atoms with Crippen molar-refractivity contribution in [3.05, 3.63) is 0 Å². The van der Waals surface area contributed by atoms with Crippen molar-refractivity contribution in [1.82, 2.24) is 5.32 Å². The van der Waals surface area contributed by atoms with Crippen LogP contribution in [0.15, 0.2) is 0 Å². The minimum Gasteiger partial charge on any atom is -0.481 e. The van der Waals surface area contributed by atoms with Crippen LogP contribution in [-0.2, 0) is 9.59 Å². The third-order valence-corrected chi connectivity index (χ3v) is 3.17. The molecule has 1 unspecified atom stereocenters. The Morgan fingerprint density at radius 3 is 2.38 bits per heavy atom. The molecule has 0 radical (unpaired) electrons. The first-order chi connectivity index (χ1) is 7.50. The van der Waals surface area contributed by atoms with E-state index < -0.39 is 12.0 Å². The van der Waals surface area contributed by atoms with Crippen LogP contribution in [0.1, 0.15) is 32.6 Å². The van der Waals surface area contributed by atoms with Gasteiger partial charge in [0.1, 0.15) is 0 Å². The Balaban J connectivity index is 2.22. The van der Waals surface area contributed by atoms with Gasteiger partial charge in [-0.1, -0.05) is 0 Å². The number of carbonyl (C=O) groups is 2. The topological polar surface area (TPSA) is 92.4 Å². The van der Waals surface area contributed by atoms with E-state index in [0.717, 1.165) is 12.8 Å². The van der Waals surface area contributed by atoms with Crippen LogP contribution in [0.5, 0.6) is 0 Å². The maximum Gasteiger partial charge on any atom is 0.306 e. The lowest BCUT2D eigenvalue weighted by Gasteiger charge is -2.26. The van der Waals surface area contributed by atoms with Gasteiger partial charge >= 0.3 is 5.97 Å². The van der Waals surface area contributed by atoms with Crippen molar-refractivity contribution in [3.8, 4) is 0 Å². The van der Waals surface area contributed by atoms with Crippen LogP contribution in [0, 0.1) is 11.8 Å². The molecule has 1 aliphatic rings. The van der Waals surface area contributed by atoms with Gasteiger partial charge in [0, 0.05) is 6.54 Å². The van der Waals surface area contributed by atoms with Gasteiger partial charge in [0.15, 0.2) is 0 Å². The summed E-state index contributed by atoms with van der Waals surface area (Å²) in [6, 6.07) is -0.477. The lowest BCUT2D eigenvalue weighted by Crippen LogP contribution is -2.41. The van der Waals surface area contributed by atoms with E-state index in [2.05, 4.69) is 5.32 Å². The largest absolute Gasteiger partial charge is 0.481 e. The second-order valence-electron chi connectivity index (χ2n) is 4.59. The van der Waals surface area contributed by atoms with Gasteiger partial charge in [0.2, 0.25) is 5.91 Å². The van der Waals surface area contributed by atoms with Crippen molar-refractivity contribution in [2.24, 2.45) is 17.6 Å². The number of nitrogens with two attached hydrogens (primary N) is 1. The average Bonchev–Trinajstić information content (AvgIpc) is 2.26. The van der Waals surface area contributed by atoms with E-state index in [-0.39, 0.29) is 11.8 Å². The van der Waals surface area contributed by atoms with Gasteiger partial charge in [-0.15, -0.1) is 0 Å². The molecular weight excluding hydrogens is 208 g/mol. The minimum absolute atomic E-state index is 0.139. The summed E-state index contributed by atoms with van der Waals surface area (Å²) in [6.45, 7) is 2.27. The van der Waals surface area contributed by atoms with Crippen LogP contribution in [0.2, 0.25) is 0 Å². The Labute approximate surface area is 95.4 Å². The number of carboxylic acids is 1. The molecule has 0 spiro atoms. The third-order valence-electron chi connectivity index (χ3n) is 3.17. The number of hydrogen-bond donors (Lipinski definition) is 3. The van der Waals surface area contributed by atoms with Crippen molar-refractivity contribution >= 4 is 11.9 Å². The predicted molar refractivity (Wildman–Crippen MR) is 59.7 cm³/mol. The molecule has 1 rings (SSSR count). The van der Waals surface area contributed by atoms with Crippen LogP contribution in [0.25, 0.3) is 0 Å². The highest BCUT2D eigenvalue weighted by atomic mass is 16.4. The lowest BCUT2D eigenvalue weighted by molar-refractivity contribution is -0.143. The molecule has 5 heteroatoms. The maximum absolute atomic E-state index is 11.2. The van der Waals surface area contributed by atoms with Crippen LogP contribution in [0.4, 0.5) is 0 Å². The zero-order valence-electron chi connectivity index (χ0n) is 9.61. The van der Waals surface area contributed by atoms with Gasteiger partial charge in [0.05, 0.1) is 12.0 Å². The molecule has 92 valence electrons. The summed E-state index contributed by atoms with van der Waals surface area (Å²) < 4.78 is 0. The smallest absolute Gasteiger partial charge is 0.306 e. The van der Waals surface area contributed by atoms with Gasteiger partial charge in [-0.2, -0.15) is 0 Å². The van der Waals surface area contributed by atoms with Gasteiger partial charge < -0.3 is 16.2 Å². The van der Waals surface area contributed by atoms with E-state index in [1.54, 1.807) is 6.92 Å². The number of aliphatic carboxylic acids is 1. The fraction of sp³-hybridized carbons (Fsp3) is 0.818. The molecule has 5 nitrogen and oxygen atoms in total. The summed E-state index contributed by atoms with van der Waals surface area (Å²) >= 11 is 0. The molecule has 0 saturated heterocycles. The van der Waals surface area contributed by atoms with Crippen molar-refractivity contribution in [3.63, 3.8) is 0 Å². The monoisotopic (exact) mass is 228 g/mol. The number of carboxylic acid groups (broad SMARTS) is 1. The summed E-state index contributed by atoms with van der Waals surface area (Å²) in [7, 11) is 0. The third kappa shape index (κ3) is 3.81. The van der Waals surface area contributed by atoms with Gasteiger partial charge in [-0.3, -0.25) is 9.59 Å². The quantitative estimate of drug-likeness (QED) is 0.647. The summed E-state index contributed by atoms with van der Waals surface area (Å²) in [4.78, 5) is 22.0. The molecule has 0 heterocycles. The summed E-state index contributed by atoms with van der Waals surface area (Å²) in [5, 5.41) is 11.6. The first kappa shape index (κ1) is 13.0. The molecule has 0 aromatic heterocycles. The number of nitrogens with one attached hydrogen (secondary N) is 1. The highest BCUT2D eigenvalue weighted by Crippen LogP contribution is 2.28. The van der Waals surface area contributed by atoms with Crippen molar-refractivity contribution in [2.45, 2.75) is 38.6 Å². The van der Waals surface area contributed by atoms with Gasteiger partial charge in [-0.25, -0.2) is 0 Å². The van der Waals surface area contributed by atoms with E-state index in [1.165, 1.54) is 0 Å². The van der Waals surface area contributed by atoms with Crippen molar-refractivity contribution < 1.29 is 14.7 Å². The Hall–Kier alpha value is -1.10. The molecule has 1 amide bonds. The maximum atomic E-state index is 11.2. The molecule has 1 aliphatic carbocycles. The number of carbonyl (C=O) groups excluding carboxylic acids is 1. The first-order valence-corrected chi connectivity index (χ1v) is 5.76. The molecule has 16 heavy (non-hydrogen) atoms. The molecule has 4 N–H and O–H groups in total. The highest BCUT2D eigenvalue weighted by Gasteiger charge is 2.26. The molecule has 0 aliphatic heterocycles. The molecule has 1 saturated carbocycles.